The average Bonchev–Trinajstić information content (AvgIpc) is 3.37. The van der Waals surface area contributed by atoms with Gasteiger partial charge >= 0.3 is 0 Å². The highest BCUT2D eigenvalue weighted by atomic mass is 15.2. The van der Waals surface area contributed by atoms with E-state index in [-0.39, 0.29) is 0 Å². The van der Waals surface area contributed by atoms with E-state index in [2.05, 4.69) is 28.5 Å². The molecular weight excluding hydrogens is 258 g/mol. The van der Waals surface area contributed by atoms with E-state index in [0.717, 1.165) is 24.4 Å². The van der Waals surface area contributed by atoms with Crippen LogP contribution in [0.2, 0.25) is 0 Å². The largest absolute Gasteiger partial charge is 0.356 e. The Morgan fingerprint density at radius 2 is 1.90 bits per heavy atom. The minimum absolute atomic E-state index is 0.773. The highest BCUT2D eigenvalue weighted by Gasteiger charge is 2.31. The van der Waals surface area contributed by atoms with Gasteiger partial charge in [0.25, 0.3) is 0 Å². The first-order chi connectivity index (χ1) is 10.4. The molecule has 3 fully saturated rings. The van der Waals surface area contributed by atoms with Crippen LogP contribution in [0.25, 0.3) is 0 Å². The van der Waals surface area contributed by atoms with Gasteiger partial charge in [0.1, 0.15) is 5.82 Å². The van der Waals surface area contributed by atoms with E-state index < -0.39 is 0 Å². The molecule has 114 valence electrons. The molecule has 1 aromatic rings. The summed E-state index contributed by atoms with van der Waals surface area (Å²) in [6.07, 6.45) is 11.9. The van der Waals surface area contributed by atoms with E-state index in [1.165, 1.54) is 69.4 Å². The van der Waals surface area contributed by atoms with Crippen molar-refractivity contribution in [2.24, 2.45) is 11.8 Å². The lowest BCUT2D eigenvalue weighted by molar-refractivity contribution is 0.202. The van der Waals surface area contributed by atoms with E-state index in [1.807, 2.05) is 0 Å². The lowest BCUT2D eigenvalue weighted by Gasteiger charge is -2.41. The molecule has 2 unspecified atom stereocenters. The van der Waals surface area contributed by atoms with Crippen LogP contribution < -0.4 is 10.2 Å². The molecule has 0 amide bonds. The number of nitrogens with one attached hydrogen (secondary N) is 1. The number of rotatable bonds is 4. The van der Waals surface area contributed by atoms with Gasteiger partial charge in [0.2, 0.25) is 0 Å². The Kier molecular flexibility index (Phi) is 3.85. The van der Waals surface area contributed by atoms with Crippen molar-refractivity contribution in [1.82, 2.24) is 10.3 Å². The topological polar surface area (TPSA) is 28.2 Å². The van der Waals surface area contributed by atoms with E-state index >= 15 is 0 Å². The quantitative estimate of drug-likeness (QED) is 0.919. The zero-order valence-electron chi connectivity index (χ0n) is 12.9. The first-order valence-electron chi connectivity index (χ1n) is 8.82. The van der Waals surface area contributed by atoms with Gasteiger partial charge in [0.15, 0.2) is 0 Å². The van der Waals surface area contributed by atoms with Crippen molar-refractivity contribution < 1.29 is 0 Å². The van der Waals surface area contributed by atoms with E-state index in [4.69, 9.17) is 4.98 Å². The van der Waals surface area contributed by atoms with Gasteiger partial charge in [-0.15, -0.1) is 0 Å². The Hall–Kier alpha value is -1.09. The van der Waals surface area contributed by atoms with Gasteiger partial charge in [-0.3, -0.25) is 0 Å². The third kappa shape index (κ3) is 3.23. The molecule has 3 nitrogen and oxygen atoms in total. The molecular formula is C18H27N3. The molecule has 2 aliphatic carbocycles. The number of piperidine rings is 1. The zero-order chi connectivity index (χ0) is 14.1. The summed E-state index contributed by atoms with van der Waals surface area (Å²) in [5.41, 5.74) is 1.32. The van der Waals surface area contributed by atoms with E-state index in [1.54, 1.807) is 0 Å². The van der Waals surface area contributed by atoms with Crippen LogP contribution in [-0.2, 0) is 6.54 Å². The maximum Gasteiger partial charge on any atom is 0.128 e. The molecule has 1 aliphatic heterocycles. The predicted octanol–water partition coefficient (Wildman–Crippen LogP) is 3.35. The minimum Gasteiger partial charge on any atom is -0.356 e. The lowest BCUT2D eigenvalue weighted by Crippen LogP contribution is -2.42. The van der Waals surface area contributed by atoms with Gasteiger partial charge in [0, 0.05) is 31.9 Å². The van der Waals surface area contributed by atoms with Crippen LogP contribution in [0.3, 0.4) is 0 Å². The number of pyridine rings is 1. The van der Waals surface area contributed by atoms with Crippen molar-refractivity contribution in [1.29, 1.82) is 0 Å². The number of nitrogens with zero attached hydrogens (tertiary/aromatic N) is 2. The molecule has 4 rings (SSSR count). The molecule has 1 N–H and O–H groups in total. The highest BCUT2D eigenvalue weighted by molar-refractivity contribution is 5.40. The van der Waals surface area contributed by atoms with Crippen LogP contribution in [0.4, 0.5) is 5.82 Å². The van der Waals surface area contributed by atoms with Gasteiger partial charge in [0.05, 0.1) is 0 Å². The number of hydrogen-bond donors (Lipinski definition) is 1. The monoisotopic (exact) mass is 285 g/mol. The molecule has 0 radical (unpaired) electrons. The van der Waals surface area contributed by atoms with Gasteiger partial charge in [-0.2, -0.15) is 0 Å². The van der Waals surface area contributed by atoms with Crippen molar-refractivity contribution in [3.8, 4) is 0 Å². The van der Waals surface area contributed by atoms with Crippen LogP contribution in [0, 0.1) is 11.8 Å². The first-order valence-corrected chi connectivity index (χ1v) is 8.82. The number of aromatic nitrogens is 1. The van der Waals surface area contributed by atoms with Crippen LogP contribution in [0.1, 0.15) is 50.5 Å². The fraction of sp³-hybridized carbons (Fsp3) is 0.722. The summed E-state index contributed by atoms with van der Waals surface area (Å²) in [6.45, 7) is 3.41. The van der Waals surface area contributed by atoms with Crippen LogP contribution in [0.5, 0.6) is 0 Å². The van der Waals surface area contributed by atoms with Crippen molar-refractivity contribution in [2.45, 2.75) is 57.5 Å². The normalized spacial score (nSPS) is 29.2. The number of anilines is 1. The summed E-state index contributed by atoms with van der Waals surface area (Å²) < 4.78 is 0. The van der Waals surface area contributed by atoms with Gasteiger partial charge < -0.3 is 10.2 Å². The number of fused-ring (bicyclic) bond motifs is 1. The summed E-state index contributed by atoms with van der Waals surface area (Å²) in [7, 11) is 0. The molecule has 1 aromatic heterocycles. The third-order valence-corrected chi connectivity index (χ3v) is 5.60. The van der Waals surface area contributed by atoms with Crippen LogP contribution in [-0.4, -0.2) is 24.1 Å². The predicted molar refractivity (Wildman–Crippen MR) is 86.4 cm³/mol. The second-order valence-electron chi connectivity index (χ2n) is 7.22. The molecule has 21 heavy (non-hydrogen) atoms. The van der Waals surface area contributed by atoms with Crippen molar-refractivity contribution in [2.75, 3.05) is 18.0 Å². The van der Waals surface area contributed by atoms with Gasteiger partial charge in [-0.1, -0.05) is 25.3 Å². The molecule has 2 heterocycles. The van der Waals surface area contributed by atoms with Crippen molar-refractivity contribution in [3.63, 3.8) is 0 Å². The van der Waals surface area contributed by atoms with Crippen LogP contribution in [0.15, 0.2) is 18.3 Å². The maximum atomic E-state index is 4.72. The molecule has 0 aromatic carbocycles. The number of hydrogen-bond acceptors (Lipinski definition) is 3. The molecule has 0 bridgehead atoms. The first kappa shape index (κ1) is 13.6. The smallest absolute Gasteiger partial charge is 0.128 e. The molecule has 0 spiro atoms. The summed E-state index contributed by atoms with van der Waals surface area (Å²) in [6, 6.07) is 5.26. The second-order valence-corrected chi connectivity index (χ2v) is 7.22. The van der Waals surface area contributed by atoms with E-state index in [0.29, 0.717) is 0 Å². The lowest BCUT2D eigenvalue weighted by atomic mass is 9.75. The van der Waals surface area contributed by atoms with Crippen molar-refractivity contribution in [3.05, 3.63) is 23.9 Å². The third-order valence-electron chi connectivity index (χ3n) is 5.60. The standard InChI is InChI=1S/C18H27N3/c1-2-4-16-13-21(10-9-15(16)3-1)18-8-5-14(12-20-18)11-19-17-6-7-17/h5,8,12,15-17,19H,1-4,6-7,9-11,13H2. The van der Waals surface area contributed by atoms with Crippen molar-refractivity contribution >= 4 is 5.82 Å². The SMILES string of the molecule is c1cc(N2CCC3CCCCC3C2)ncc1CNC1CC1. The van der Waals surface area contributed by atoms with Crippen LogP contribution >= 0.6 is 0 Å². The molecule has 2 atom stereocenters. The molecule has 1 saturated heterocycles. The Morgan fingerprint density at radius 3 is 2.67 bits per heavy atom. The second kappa shape index (κ2) is 5.96. The summed E-state index contributed by atoms with van der Waals surface area (Å²) in [5, 5.41) is 3.56. The molecule has 2 saturated carbocycles. The maximum absolute atomic E-state index is 4.72. The fourth-order valence-corrected chi connectivity index (χ4v) is 4.07. The summed E-state index contributed by atoms with van der Waals surface area (Å²) >= 11 is 0. The summed E-state index contributed by atoms with van der Waals surface area (Å²) in [4.78, 5) is 7.24. The minimum atomic E-state index is 0.773. The highest BCUT2D eigenvalue weighted by Crippen LogP contribution is 2.37. The van der Waals surface area contributed by atoms with E-state index in [9.17, 15) is 0 Å². The Labute approximate surface area is 128 Å². The Bertz CT molecular complexity index is 466. The fourth-order valence-electron chi connectivity index (χ4n) is 4.07. The Balaban J connectivity index is 1.36. The molecule has 3 aliphatic rings. The summed E-state index contributed by atoms with van der Waals surface area (Å²) in [5.74, 6) is 3.11. The average molecular weight is 285 g/mol. The zero-order valence-corrected chi connectivity index (χ0v) is 12.9. The van der Waals surface area contributed by atoms with Gasteiger partial charge in [-0.25, -0.2) is 4.98 Å². The van der Waals surface area contributed by atoms with Gasteiger partial charge in [-0.05, 0) is 49.1 Å². The Morgan fingerprint density at radius 1 is 1.05 bits per heavy atom. The molecule has 3 heteroatoms.